The first-order chi connectivity index (χ1) is 17.1. The lowest BCUT2D eigenvalue weighted by molar-refractivity contribution is -0.159. The number of methoxy groups -OCH3 is 4. The molecule has 3 rings (SSSR count). The molecule has 2 aromatic carbocycles. The number of benzene rings is 2. The molecule has 0 spiro atoms. The van der Waals surface area contributed by atoms with Crippen molar-refractivity contribution in [2.75, 3.05) is 54.6 Å². The predicted octanol–water partition coefficient (Wildman–Crippen LogP) is 2.60. The van der Waals surface area contributed by atoms with Crippen molar-refractivity contribution in [2.45, 2.75) is 6.54 Å². The van der Waals surface area contributed by atoms with Crippen LogP contribution in [-0.4, -0.2) is 92.5 Å². The van der Waals surface area contributed by atoms with E-state index < -0.39 is 11.9 Å². The lowest BCUT2D eigenvalue weighted by Gasteiger charge is -2.35. The average molecular weight is 569 g/mol. The van der Waals surface area contributed by atoms with Crippen molar-refractivity contribution in [2.24, 2.45) is 0 Å². The van der Waals surface area contributed by atoms with E-state index in [-0.39, 0.29) is 5.91 Å². The van der Waals surface area contributed by atoms with Gasteiger partial charge in [-0.15, -0.1) is 0 Å². The Morgan fingerprint density at radius 2 is 1.33 bits per heavy atom. The lowest BCUT2D eigenvalue weighted by atomic mass is 10.1. The van der Waals surface area contributed by atoms with Crippen LogP contribution in [0.25, 0.3) is 0 Å². The zero-order chi connectivity index (χ0) is 26.8. The molecule has 11 nitrogen and oxygen atoms in total. The van der Waals surface area contributed by atoms with E-state index in [0.29, 0.717) is 35.9 Å². The minimum absolute atomic E-state index is 0.0407. The van der Waals surface area contributed by atoms with Crippen molar-refractivity contribution in [3.8, 4) is 23.0 Å². The summed E-state index contributed by atoms with van der Waals surface area (Å²) in [6.07, 6.45) is 0. The molecule has 0 unspecified atom stereocenters. The van der Waals surface area contributed by atoms with Crippen molar-refractivity contribution >= 4 is 33.8 Å². The smallest absolute Gasteiger partial charge is 0.414 e. The molecule has 0 radical (unpaired) electrons. The summed E-state index contributed by atoms with van der Waals surface area (Å²) in [4.78, 5) is 35.5. The predicted molar refractivity (Wildman–Crippen MR) is 133 cm³/mol. The van der Waals surface area contributed by atoms with Crippen LogP contribution in [-0.2, 0) is 16.1 Å². The molecular weight excluding hydrogens is 540 g/mol. The van der Waals surface area contributed by atoms with Crippen LogP contribution >= 0.6 is 15.9 Å². The Morgan fingerprint density at radius 1 is 0.806 bits per heavy atom. The molecule has 1 aliphatic heterocycles. The van der Waals surface area contributed by atoms with Crippen molar-refractivity contribution in [1.82, 2.24) is 9.80 Å². The second-order valence-corrected chi connectivity index (χ2v) is 8.42. The molecule has 0 saturated carbocycles. The van der Waals surface area contributed by atoms with Gasteiger partial charge < -0.3 is 34.1 Å². The second kappa shape index (κ2) is 13.5. The highest BCUT2D eigenvalue weighted by molar-refractivity contribution is 9.10. The fourth-order valence-electron chi connectivity index (χ4n) is 3.56. The number of halogens is 1. The summed E-state index contributed by atoms with van der Waals surface area (Å²) in [5, 5.41) is 14.8. The van der Waals surface area contributed by atoms with Crippen LogP contribution in [0.2, 0.25) is 0 Å². The summed E-state index contributed by atoms with van der Waals surface area (Å²) < 4.78 is 22.3. The zero-order valence-corrected chi connectivity index (χ0v) is 22.0. The van der Waals surface area contributed by atoms with Crippen LogP contribution in [0.15, 0.2) is 34.8 Å². The van der Waals surface area contributed by atoms with Gasteiger partial charge in [-0.2, -0.15) is 0 Å². The largest absolute Gasteiger partial charge is 0.496 e. The molecule has 1 amide bonds. The summed E-state index contributed by atoms with van der Waals surface area (Å²) in [6.45, 7) is 3.76. The highest BCUT2D eigenvalue weighted by Crippen LogP contribution is 2.38. The van der Waals surface area contributed by atoms with Gasteiger partial charge in [0.15, 0.2) is 11.5 Å². The SMILES string of the molecule is COc1ccc(CN2CCN(C(=O)c3cc(OC)c(OC)c(OC)c3)CC2)cc1Br.O=C(O)C(=O)O. The zero-order valence-electron chi connectivity index (χ0n) is 20.4. The number of carbonyl (C=O) groups excluding carboxylic acids is 1. The number of nitrogens with zero attached hydrogens (tertiary/aromatic N) is 2. The van der Waals surface area contributed by atoms with Crippen molar-refractivity contribution in [3.05, 3.63) is 45.9 Å². The average Bonchev–Trinajstić information content (AvgIpc) is 2.88. The first-order valence-corrected chi connectivity index (χ1v) is 11.5. The number of aliphatic carboxylic acids is 2. The van der Waals surface area contributed by atoms with Crippen LogP contribution in [0, 0.1) is 0 Å². The molecule has 0 aromatic heterocycles. The number of piperazine rings is 1. The van der Waals surface area contributed by atoms with Crippen LogP contribution in [0.3, 0.4) is 0 Å². The van der Waals surface area contributed by atoms with Crippen molar-refractivity contribution < 1.29 is 43.5 Å². The molecule has 196 valence electrons. The maximum atomic E-state index is 13.1. The van der Waals surface area contributed by atoms with Crippen LogP contribution in [0.1, 0.15) is 15.9 Å². The van der Waals surface area contributed by atoms with Gasteiger partial charge in [0.05, 0.1) is 32.9 Å². The summed E-state index contributed by atoms with van der Waals surface area (Å²) in [5.74, 6) is -1.44. The maximum Gasteiger partial charge on any atom is 0.414 e. The highest BCUT2D eigenvalue weighted by Gasteiger charge is 2.25. The number of hydrogen-bond donors (Lipinski definition) is 2. The van der Waals surface area contributed by atoms with Crippen LogP contribution in [0.4, 0.5) is 0 Å². The molecule has 1 aliphatic rings. The summed E-state index contributed by atoms with van der Waals surface area (Å²) in [5.41, 5.74) is 1.73. The number of carbonyl (C=O) groups is 3. The molecule has 2 aromatic rings. The van der Waals surface area contributed by atoms with Crippen LogP contribution in [0.5, 0.6) is 23.0 Å². The highest BCUT2D eigenvalue weighted by atomic mass is 79.9. The number of carboxylic acid groups (broad SMARTS) is 2. The Labute approximate surface area is 217 Å². The molecule has 1 heterocycles. The molecule has 1 fully saturated rings. The number of ether oxygens (including phenoxy) is 4. The number of rotatable bonds is 7. The lowest BCUT2D eigenvalue weighted by Crippen LogP contribution is -2.48. The van der Waals surface area contributed by atoms with Gasteiger partial charge in [0.1, 0.15) is 5.75 Å². The van der Waals surface area contributed by atoms with E-state index in [1.165, 1.54) is 5.56 Å². The van der Waals surface area contributed by atoms with E-state index in [1.54, 1.807) is 40.6 Å². The summed E-state index contributed by atoms with van der Waals surface area (Å²) in [7, 11) is 6.29. The third-order valence-corrected chi connectivity index (χ3v) is 6.00. The van der Waals surface area contributed by atoms with Gasteiger partial charge in [-0.25, -0.2) is 9.59 Å². The van der Waals surface area contributed by atoms with Gasteiger partial charge >= 0.3 is 11.9 Å². The van der Waals surface area contributed by atoms with E-state index >= 15 is 0 Å². The first-order valence-electron chi connectivity index (χ1n) is 10.7. The quantitative estimate of drug-likeness (QED) is 0.479. The summed E-state index contributed by atoms with van der Waals surface area (Å²) in [6, 6.07) is 9.50. The Hall–Kier alpha value is -3.51. The Kier molecular flexibility index (Phi) is 10.8. The van der Waals surface area contributed by atoms with E-state index in [0.717, 1.165) is 29.9 Å². The van der Waals surface area contributed by atoms with Gasteiger partial charge in [0.25, 0.3) is 5.91 Å². The Balaban J connectivity index is 0.000000678. The van der Waals surface area contributed by atoms with Gasteiger partial charge in [-0.1, -0.05) is 6.07 Å². The fraction of sp³-hybridized carbons (Fsp3) is 0.375. The second-order valence-electron chi connectivity index (χ2n) is 7.56. The molecule has 2 N–H and O–H groups in total. The Bertz CT molecular complexity index is 1050. The van der Waals surface area contributed by atoms with Gasteiger partial charge in [0.2, 0.25) is 5.75 Å². The normalized spacial score (nSPS) is 13.2. The molecular formula is C24H29BrN2O9. The van der Waals surface area contributed by atoms with E-state index in [2.05, 4.69) is 33.0 Å². The standard InChI is InChI=1S/C22H27BrN2O5.C2H2O4/c1-27-18-6-5-15(11-17(18)23)14-24-7-9-25(10-8-24)22(26)16-12-19(28-2)21(30-4)20(13-16)29-3;3-1(4)2(5)6/h5-6,11-13H,7-10,14H2,1-4H3;(H,3,4)(H,5,6). The Morgan fingerprint density at radius 3 is 1.75 bits per heavy atom. The molecule has 0 bridgehead atoms. The van der Waals surface area contributed by atoms with Crippen molar-refractivity contribution in [3.63, 3.8) is 0 Å². The van der Waals surface area contributed by atoms with Gasteiger partial charge in [0, 0.05) is 38.3 Å². The fourth-order valence-corrected chi connectivity index (χ4v) is 4.15. The minimum atomic E-state index is -1.82. The third-order valence-electron chi connectivity index (χ3n) is 5.38. The van der Waals surface area contributed by atoms with Gasteiger partial charge in [-0.3, -0.25) is 9.69 Å². The van der Waals surface area contributed by atoms with E-state index in [1.807, 2.05) is 11.0 Å². The van der Waals surface area contributed by atoms with E-state index in [9.17, 15) is 4.79 Å². The number of carboxylic acids is 2. The number of hydrogen-bond acceptors (Lipinski definition) is 8. The van der Waals surface area contributed by atoms with Crippen molar-refractivity contribution in [1.29, 1.82) is 0 Å². The molecule has 12 heteroatoms. The number of amides is 1. The topological polar surface area (TPSA) is 135 Å². The van der Waals surface area contributed by atoms with Gasteiger partial charge in [-0.05, 0) is 45.8 Å². The molecule has 36 heavy (non-hydrogen) atoms. The first kappa shape index (κ1) is 28.7. The minimum Gasteiger partial charge on any atom is -0.496 e. The molecule has 0 atom stereocenters. The molecule has 0 aliphatic carbocycles. The maximum absolute atomic E-state index is 13.1. The molecule has 1 saturated heterocycles. The third kappa shape index (κ3) is 7.49. The van der Waals surface area contributed by atoms with E-state index in [4.69, 9.17) is 38.7 Å². The monoisotopic (exact) mass is 568 g/mol. The van der Waals surface area contributed by atoms with Crippen LogP contribution < -0.4 is 18.9 Å². The summed E-state index contributed by atoms with van der Waals surface area (Å²) >= 11 is 3.53.